The third-order valence-electron chi connectivity index (χ3n) is 6.43. The van der Waals surface area contributed by atoms with Crippen LogP contribution in [0.2, 0.25) is 5.02 Å². The van der Waals surface area contributed by atoms with Crippen molar-refractivity contribution in [1.82, 2.24) is 29.9 Å². The Morgan fingerprint density at radius 1 is 1.00 bits per heavy atom. The number of benzene rings is 2. The zero-order valence-electron chi connectivity index (χ0n) is 21.4. The second-order valence-electron chi connectivity index (χ2n) is 9.18. The van der Waals surface area contributed by atoms with Gasteiger partial charge in [0, 0.05) is 48.3 Å². The Hall–Kier alpha value is -3.50. The first-order valence-corrected chi connectivity index (χ1v) is 13.6. The first-order valence-electron chi connectivity index (χ1n) is 12.2. The van der Waals surface area contributed by atoms with E-state index in [0.717, 1.165) is 17.0 Å². The molecule has 8 nitrogen and oxygen atoms in total. The van der Waals surface area contributed by atoms with Crippen molar-refractivity contribution in [1.29, 1.82) is 0 Å². The fraction of sp³-hybridized carbons (Fsp3) is 0.296. The Morgan fingerprint density at radius 2 is 1.71 bits per heavy atom. The predicted octanol–water partition coefficient (Wildman–Crippen LogP) is 5.03. The molecule has 5 rings (SSSR count). The SMILES string of the molecule is Cc1cc(C)nc(SCc2c(C(=O)N3CCN(c4ccccc4F)CC3)nnn2-c2ccc(C)c(Cl)c2)n1. The lowest BCUT2D eigenvalue weighted by molar-refractivity contribution is 0.0739. The molecule has 11 heteroatoms. The van der Waals surface area contributed by atoms with Gasteiger partial charge in [-0.05, 0) is 56.7 Å². The predicted molar refractivity (Wildman–Crippen MR) is 147 cm³/mol. The van der Waals surface area contributed by atoms with Crippen LogP contribution in [0.3, 0.4) is 0 Å². The number of para-hydroxylation sites is 1. The average molecular weight is 552 g/mol. The normalized spacial score (nSPS) is 13.7. The Balaban J connectivity index is 1.41. The first kappa shape index (κ1) is 26.1. The van der Waals surface area contributed by atoms with Crippen molar-refractivity contribution < 1.29 is 9.18 Å². The number of hydrogen-bond acceptors (Lipinski definition) is 7. The van der Waals surface area contributed by atoms with Crippen molar-refractivity contribution in [2.24, 2.45) is 0 Å². The van der Waals surface area contributed by atoms with Gasteiger partial charge in [-0.2, -0.15) is 0 Å². The summed E-state index contributed by atoms with van der Waals surface area (Å²) in [4.78, 5) is 26.4. The summed E-state index contributed by atoms with van der Waals surface area (Å²) in [5.41, 5.74) is 4.87. The van der Waals surface area contributed by atoms with E-state index in [1.807, 2.05) is 56.0 Å². The van der Waals surface area contributed by atoms with E-state index in [1.165, 1.54) is 17.8 Å². The minimum Gasteiger partial charge on any atom is -0.366 e. The molecule has 1 aliphatic heterocycles. The summed E-state index contributed by atoms with van der Waals surface area (Å²) in [5.74, 6) is -0.0861. The number of rotatable bonds is 6. The number of hydrogen-bond donors (Lipinski definition) is 0. The highest BCUT2D eigenvalue weighted by Gasteiger charge is 2.29. The molecule has 3 heterocycles. The maximum atomic E-state index is 14.3. The van der Waals surface area contributed by atoms with Crippen LogP contribution >= 0.6 is 23.4 Å². The summed E-state index contributed by atoms with van der Waals surface area (Å²) < 4.78 is 15.9. The molecule has 0 atom stereocenters. The zero-order chi connectivity index (χ0) is 26.8. The maximum absolute atomic E-state index is 14.3. The second-order valence-corrected chi connectivity index (χ2v) is 10.5. The van der Waals surface area contributed by atoms with E-state index in [4.69, 9.17) is 11.6 Å². The van der Waals surface area contributed by atoms with Crippen LogP contribution in [0.15, 0.2) is 53.7 Å². The van der Waals surface area contributed by atoms with E-state index in [2.05, 4.69) is 20.3 Å². The van der Waals surface area contributed by atoms with Gasteiger partial charge in [-0.15, -0.1) is 5.10 Å². The van der Waals surface area contributed by atoms with Crippen molar-refractivity contribution in [2.45, 2.75) is 31.7 Å². The Morgan fingerprint density at radius 3 is 2.39 bits per heavy atom. The lowest BCUT2D eigenvalue weighted by atomic mass is 10.2. The van der Waals surface area contributed by atoms with Crippen LogP contribution in [0.25, 0.3) is 5.69 Å². The van der Waals surface area contributed by atoms with Crippen LogP contribution in [0.1, 0.15) is 33.1 Å². The number of halogens is 2. The number of nitrogens with zero attached hydrogens (tertiary/aromatic N) is 7. The molecule has 0 saturated carbocycles. The van der Waals surface area contributed by atoms with E-state index < -0.39 is 0 Å². The number of thioether (sulfide) groups is 1. The van der Waals surface area contributed by atoms with Gasteiger partial charge >= 0.3 is 0 Å². The van der Waals surface area contributed by atoms with Crippen LogP contribution < -0.4 is 4.90 Å². The van der Waals surface area contributed by atoms with Gasteiger partial charge in [-0.3, -0.25) is 4.79 Å². The quantitative estimate of drug-likeness (QED) is 0.245. The van der Waals surface area contributed by atoms with Crippen LogP contribution in [0.4, 0.5) is 10.1 Å². The van der Waals surface area contributed by atoms with E-state index >= 15 is 0 Å². The van der Waals surface area contributed by atoms with Crippen LogP contribution in [-0.2, 0) is 5.75 Å². The summed E-state index contributed by atoms with van der Waals surface area (Å²) in [6.45, 7) is 7.72. The molecule has 38 heavy (non-hydrogen) atoms. The maximum Gasteiger partial charge on any atom is 0.276 e. The van der Waals surface area contributed by atoms with Crippen molar-refractivity contribution in [2.75, 3.05) is 31.1 Å². The third kappa shape index (κ3) is 5.51. The number of anilines is 1. The van der Waals surface area contributed by atoms with Gasteiger partial charge in [0.15, 0.2) is 10.9 Å². The van der Waals surface area contributed by atoms with Crippen LogP contribution in [0.5, 0.6) is 0 Å². The highest BCUT2D eigenvalue weighted by Crippen LogP contribution is 2.27. The smallest absolute Gasteiger partial charge is 0.276 e. The Kier molecular flexibility index (Phi) is 7.62. The molecular formula is C27H27ClFN7OS. The number of carbonyl (C=O) groups excluding carboxylic acids is 1. The molecule has 4 aromatic rings. The van der Waals surface area contributed by atoms with Gasteiger partial charge in [0.25, 0.3) is 5.91 Å². The van der Waals surface area contributed by atoms with Crippen molar-refractivity contribution >= 4 is 35.0 Å². The first-order chi connectivity index (χ1) is 18.3. The molecule has 0 spiro atoms. The van der Waals surface area contributed by atoms with E-state index in [0.29, 0.717) is 59.2 Å². The molecule has 0 N–H and O–H groups in total. The molecule has 0 aliphatic carbocycles. The van der Waals surface area contributed by atoms with Gasteiger partial charge < -0.3 is 9.80 Å². The van der Waals surface area contributed by atoms with Gasteiger partial charge in [-0.25, -0.2) is 19.0 Å². The van der Waals surface area contributed by atoms with Crippen molar-refractivity contribution in [3.8, 4) is 5.69 Å². The molecule has 0 unspecified atom stereocenters. The van der Waals surface area contributed by atoms with E-state index in [9.17, 15) is 9.18 Å². The highest BCUT2D eigenvalue weighted by atomic mass is 35.5. The highest BCUT2D eigenvalue weighted by molar-refractivity contribution is 7.98. The van der Waals surface area contributed by atoms with Gasteiger partial charge in [-0.1, -0.05) is 46.8 Å². The topological polar surface area (TPSA) is 80.0 Å². The molecule has 1 aliphatic rings. The van der Waals surface area contributed by atoms with Gasteiger partial charge in [0.1, 0.15) is 5.82 Å². The third-order valence-corrected chi connectivity index (χ3v) is 7.69. The number of piperazine rings is 1. The summed E-state index contributed by atoms with van der Waals surface area (Å²) in [6.07, 6.45) is 0. The number of carbonyl (C=O) groups is 1. The molecule has 2 aromatic heterocycles. The van der Waals surface area contributed by atoms with E-state index in [-0.39, 0.29) is 17.4 Å². The average Bonchev–Trinajstić information content (AvgIpc) is 3.32. The largest absolute Gasteiger partial charge is 0.366 e. The van der Waals surface area contributed by atoms with Crippen LogP contribution in [-0.4, -0.2) is 61.9 Å². The monoisotopic (exact) mass is 551 g/mol. The Labute approximate surface area is 229 Å². The zero-order valence-corrected chi connectivity index (χ0v) is 22.9. The fourth-order valence-electron chi connectivity index (χ4n) is 4.42. The van der Waals surface area contributed by atoms with Crippen molar-refractivity contribution in [3.63, 3.8) is 0 Å². The van der Waals surface area contributed by atoms with E-state index in [1.54, 1.807) is 21.7 Å². The Bertz CT molecular complexity index is 1470. The number of aromatic nitrogens is 5. The summed E-state index contributed by atoms with van der Waals surface area (Å²) in [6, 6.07) is 14.2. The number of amides is 1. The molecule has 196 valence electrons. The lowest BCUT2D eigenvalue weighted by Crippen LogP contribution is -2.49. The molecule has 0 bridgehead atoms. The molecule has 2 aromatic carbocycles. The summed E-state index contributed by atoms with van der Waals surface area (Å²) in [5, 5.41) is 9.87. The summed E-state index contributed by atoms with van der Waals surface area (Å²) >= 11 is 7.82. The minimum atomic E-state index is -0.264. The van der Waals surface area contributed by atoms with Crippen molar-refractivity contribution in [3.05, 3.63) is 87.7 Å². The molecule has 1 saturated heterocycles. The fourth-order valence-corrected chi connectivity index (χ4v) is 5.53. The minimum absolute atomic E-state index is 0.209. The van der Waals surface area contributed by atoms with Gasteiger partial charge in [0.05, 0.1) is 17.1 Å². The molecule has 1 fully saturated rings. The lowest BCUT2D eigenvalue weighted by Gasteiger charge is -2.36. The number of aryl methyl sites for hydroxylation is 3. The standard InChI is InChI=1S/C27H27ClFN7OS/c1-17-8-9-20(15-21(17)28)36-24(16-38-27-30-18(2)14-19(3)31-27)25(32-33-36)26(37)35-12-10-34(11-13-35)23-7-5-4-6-22(23)29/h4-9,14-15H,10-13,16H2,1-3H3. The molecule has 0 radical (unpaired) electrons. The van der Waals surface area contributed by atoms with Crippen LogP contribution in [0, 0.1) is 26.6 Å². The second kappa shape index (κ2) is 11.1. The molecule has 1 amide bonds. The molecular weight excluding hydrogens is 525 g/mol. The summed E-state index contributed by atoms with van der Waals surface area (Å²) in [7, 11) is 0. The van der Waals surface area contributed by atoms with Gasteiger partial charge in [0.2, 0.25) is 0 Å².